The van der Waals surface area contributed by atoms with E-state index in [9.17, 15) is 4.79 Å². The van der Waals surface area contributed by atoms with Crippen LogP contribution in [0.4, 0.5) is 0 Å². The summed E-state index contributed by atoms with van der Waals surface area (Å²) in [7, 11) is 3.62. The Bertz CT molecular complexity index is 379. The first-order chi connectivity index (χ1) is 8.61. The van der Waals surface area contributed by atoms with Crippen molar-refractivity contribution in [3.8, 4) is 5.75 Å². The number of aryl methyl sites for hydroxylation is 1. The van der Waals surface area contributed by atoms with Crippen LogP contribution in [0.3, 0.4) is 0 Å². The van der Waals surface area contributed by atoms with Gasteiger partial charge in [0.1, 0.15) is 5.75 Å². The zero-order chi connectivity index (χ0) is 13.4. The second kappa shape index (κ2) is 7.71. The first-order valence-corrected chi connectivity index (χ1v) is 6.15. The summed E-state index contributed by atoms with van der Waals surface area (Å²) < 4.78 is 5.17. The zero-order valence-corrected chi connectivity index (χ0v) is 11.1. The van der Waals surface area contributed by atoms with Crippen molar-refractivity contribution in [2.75, 3.05) is 27.2 Å². The number of ether oxygens (including phenoxy) is 1. The highest BCUT2D eigenvalue weighted by atomic mass is 16.5. The van der Waals surface area contributed by atoms with Crippen LogP contribution in [0.25, 0.3) is 0 Å². The van der Waals surface area contributed by atoms with Crippen molar-refractivity contribution in [3.63, 3.8) is 0 Å². The summed E-state index contributed by atoms with van der Waals surface area (Å²) in [6.45, 7) is 1.51. The van der Waals surface area contributed by atoms with E-state index < -0.39 is 5.97 Å². The number of hydrogen-bond donors (Lipinski definition) is 1. The molecule has 18 heavy (non-hydrogen) atoms. The maximum Gasteiger partial charge on any atom is 0.304 e. The first-order valence-electron chi connectivity index (χ1n) is 6.15. The minimum absolute atomic E-state index is 0.204. The van der Waals surface area contributed by atoms with E-state index in [1.54, 1.807) is 7.11 Å². The van der Waals surface area contributed by atoms with E-state index in [0.717, 1.165) is 25.1 Å². The van der Waals surface area contributed by atoms with Crippen molar-refractivity contribution >= 4 is 5.97 Å². The van der Waals surface area contributed by atoms with Gasteiger partial charge in [-0.25, -0.2) is 0 Å². The zero-order valence-electron chi connectivity index (χ0n) is 11.1. The van der Waals surface area contributed by atoms with Crippen LogP contribution in [0, 0.1) is 0 Å². The minimum atomic E-state index is -0.741. The molecule has 0 radical (unpaired) electrons. The third-order valence-electron chi connectivity index (χ3n) is 2.85. The molecule has 0 spiro atoms. The Morgan fingerprint density at radius 2 is 2.17 bits per heavy atom. The summed E-state index contributed by atoms with van der Waals surface area (Å²) in [6, 6.07) is 8.04. The van der Waals surface area contributed by atoms with Crippen molar-refractivity contribution in [1.82, 2.24) is 4.90 Å². The third kappa shape index (κ3) is 5.68. The highest BCUT2D eigenvalue weighted by molar-refractivity contribution is 5.66. The largest absolute Gasteiger partial charge is 0.497 e. The monoisotopic (exact) mass is 251 g/mol. The van der Waals surface area contributed by atoms with Crippen LogP contribution in [0.15, 0.2) is 24.3 Å². The number of aliphatic carboxylic acids is 1. The maximum absolute atomic E-state index is 10.4. The van der Waals surface area contributed by atoms with Gasteiger partial charge >= 0.3 is 5.97 Å². The van der Waals surface area contributed by atoms with Crippen LogP contribution in [0.2, 0.25) is 0 Å². The molecule has 1 rings (SSSR count). The van der Waals surface area contributed by atoms with Gasteiger partial charge in [0.2, 0.25) is 0 Å². The molecule has 1 aromatic carbocycles. The lowest BCUT2D eigenvalue weighted by Gasteiger charge is -2.15. The number of hydrogen-bond acceptors (Lipinski definition) is 3. The van der Waals surface area contributed by atoms with Crippen LogP contribution >= 0.6 is 0 Å². The summed E-state index contributed by atoms with van der Waals surface area (Å²) in [5.74, 6) is 0.140. The molecule has 1 N–H and O–H groups in total. The van der Waals surface area contributed by atoms with E-state index in [4.69, 9.17) is 9.84 Å². The van der Waals surface area contributed by atoms with Gasteiger partial charge in [0.05, 0.1) is 13.5 Å². The summed E-state index contributed by atoms with van der Waals surface area (Å²) in [5, 5.41) is 8.58. The van der Waals surface area contributed by atoms with E-state index in [0.29, 0.717) is 6.54 Å². The van der Waals surface area contributed by atoms with Crippen LogP contribution in [0.5, 0.6) is 5.75 Å². The smallest absolute Gasteiger partial charge is 0.304 e. The van der Waals surface area contributed by atoms with E-state index >= 15 is 0 Å². The van der Waals surface area contributed by atoms with Gasteiger partial charge in [-0.2, -0.15) is 0 Å². The van der Waals surface area contributed by atoms with Crippen molar-refractivity contribution in [3.05, 3.63) is 29.8 Å². The normalized spacial score (nSPS) is 10.6. The number of carboxylic acids is 1. The number of rotatable bonds is 8. The lowest BCUT2D eigenvalue weighted by atomic mass is 10.1. The minimum Gasteiger partial charge on any atom is -0.497 e. The van der Waals surface area contributed by atoms with E-state index in [2.05, 4.69) is 6.07 Å². The molecular weight excluding hydrogens is 230 g/mol. The Morgan fingerprint density at radius 3 is 2.83 bits per heavy atom. The fourth-order valence-corrected chi connectivity index (χ4v) is 1.78. The van der Waals surface area contributed by atoms with Gasteiger partial charge in [0.15, 0.2) is 0 Å². The van der Waals surface area contributed by atoms with Gasteiger partial charge in [-0.05, 0) is 44.1 Å². The quantitative estimate of drug-likeness (QED) is 0.768. The lowest BCUT2D eigenvalue weighted by Crippen LogP contribution is -2.23. The molecule has 0 heterocycles. The topological polar surface area (TPSA) is 49.8 Å². The molecule has 0 amide bonds. The molecule has 0 aliphatic carbocycles. The molecule has 100 valence electrons. The summed E-state index contributed by atoms with van der Waals surface area (Å²) >= 11 is 0. The summed E-state index contributed by atoms with van der Waals surface area (Å²) in [6.07, 6.45) is 2.20. The number of methoxy groups -OCH3 is 1. The molecule has 0 saturated heterocycles. The molecule has 0 aromatic heterocycles. The molecule has 0 unspecified atom stereocenters. The average molecular weight is 251 g/mol. The fraction of sp³-hybridized carbons (Fsp3) is 0.500. The predicted octanol–water partition coefficient (Wildman–Crippen LogP) is 2.03. The second-order valence-electron chi connectivity index (χ2n) is 4.40. The third-order valence-corrected chi connectivity index (χ3v) is 2.85. The van der Waals surface area contributed by atoms with Crippen LogP contribution < -0.4 is 4.74 Å². The molecule has 0 atom stereocenters. The Morgan fingerprint density at radius 1 is 1.39 bits per heavy atom. The van der Waals surface area contributed by atoms with Crippen LogP contribution in [-0.4, -0.2) is 43.2 Å². The highest BCUT2D eigenvalue weighted by Gasteiger charge is 2.02. The Balaban J connectivity index is 2.26. The maximum atomic E-state index is 10.4. The molecule has 0 aliphatic heterocycles. The van der Waals surface area contributed by atoms with Gasteiger partial charge in [-0.3, -0.25) is 4.79 Å². The number of carboxylic acid groups (broad SMARTS) is 1. The van der Waals surface area contributed by atoms with Gasteiger partial charge < -0.3 is 14.7 Å². The van der Waals surface area contributed by atoms with Crippen LogP contribution in [0.1, 0.15) is 18.4 Å². The van der Waals surface area contributed by atoms with Gasteiger partial charge in [0, 0.05) is 6.54 Å². The second-order valence-corrected chi connectivity index (χ2v) is 4.40. The van der Waals surface area contributed by atoms with Gasteiger partial charge in [-0.1, -0.05) is 12.1 Å². The molecular formula is C14H21NO3. The van der Waals surface area contributed by atoms with Crippen molar-refractivity contribution in [2.45, 2.75) is 19.3 Å². The fourth-order valence-electron chi connectivity index (χ4n) is 1.78. The van der Waals surface area contributed by atoms with E-state index in [1.807, 2.05) is 30.1 Å². The predicted molar refractivity (Wildman–Crippen MR) is 71.1 cm³/mol. The molecule has 4 heteroatoms. The van der Waals surface area contributed by atoms with Crippen LogP contribution in [-0.2, 0) is 11.2 Å². The van der Waals surface area contributed by atoms with E-state index in [-0.39, 0.29) is 6.42 Å². The molecule has 0 bridgehead atoms. The molecule has 0 fully saturated rings. The number of benzene rings is 1. The van der Waals surface area contributed by atoms with Crippen molar-refractivity contribution in [2.24, 2.45) is 0 Å². The highest BCUT2D eigenvalue weighted by Crippen LogP contribution is 2.13. The average Bonchev–Trinajstić information content (AvgIpc) is 2.36. The molecule has 1 aromatic rings. The van der Waals surface area contributed by atoms with Gasteiger partial charge in [-0.15, -0.1) is 0 Å². The Hall–Kier alpha value is -1.55. The van der Waals surface area contributed by atoms with E-state index in [1.165, 1.54) is 5.56 Å². The number of carbonyl (C=O) groups is 1. The van der Waals surface area contributed by atoms with Gasteiger partial charge in [0.25, 0.3) is 0 Å². The van der Waals surface area contributed by atoms with Crippen molar-refractivity contribution < 1.29 is 14.6 Å². The Kier molecular flexibility index (Phi) is 6.22. The summed E-state index contributed by atoms with van der Waals surface area (Å²) in [5.41, 5.74) is 1.25. The Labute approximate surface area is 108 Å². The lowest BCUT2D eigenvalue weighted by molar-refractivity contribution is -0.137. The summed E-state index contributed by atoms with van der Waals surface area (Å²) in [4.78, 5) is 12.5. The molecule has 4 nitrogen and oxygen atoms in total. The number of nitrogens with zero attached hydrogens (tertiary/aromatic N) is 1. The van der Waals surface area contributed by atoms with Crippen molar-refractivity contribution in [1.29, 1.82) is 0 Å². The molecule has 0 aliphatic rings. The first kappa shape index (κ1) is 14.5. The molecule has 0 saturated carbocycles. The SMILES string of the molecule is COc1cccc(CCCN(C)CCC(=O)O)c1. The standard InChI is InChI=1S/C14H21NO3/c1-15(10-8-14(16)17)9-4-6-12-5-3-7-13(11-12)18-2/h3,5,7,11H,4,6,8-10H2,1-2H3,(H,16,17).